The van der Waals surface area contributed by atoms with Gasteiger partial charge in [0, 0.05) is 18.4 Å². The first kappa shape index (κ1) is 17.7. The quantitative estimate of drug-likeness (QED) is 0.776. The van der Waals surface area contributed by atoms with E-state index in [1.807, 2.05) is 24.3 Å². The van der Waals surface area contributed by atoms with Crippen molar-refractivity contribution >= 4 is 23.6 Å². The van der Waals surface area contributed by atoms with Crippen molar-refractivity contribution in [2.75, 3.05) is 7.11 Å². The number of methoxy groups -OCH3 is 1. The number of carbonyl (C=O) groups excluding carboxylic acids is 2. The number of hydrogen-bond donors (Lipinski definition) is 2. The molecule has 7 nitrogen and oxygen atoms in total. The van der Waals surface area contributed by atoms with E-state index >= 15 is 0 Å². The van der Waals surface area contributed by atoms with Gasteiger partial charge in [0.15, 0.2) is 0 Å². The molecule has 1 aliphatic rings. The molecule has 0 radical (unpaired) electrons. The number of rotatable bonds is 6. The van der Waals surface area contributed by atoms with E-state index in [4.69, 9.17) is 5.11 Å². The molecule has 7 heteroatoms. The minimum atomic E-state index is -0.918. The van der Waals surface area contributed by atoms with E-state index in [2.05, 4.69) is 15.3 Å². The number of hydrazone groups is 1. The molecule has 0 heterocycles. The Morgan fingerprint density at radius 1 is 1.29 bits per heavy atom. The number of amides is 1. The van der Waals surface area contributed by atoms with Crippen LogP contribution in [0.5, 0.6) is 0 Å². The van der Waals surface area contributed by atoms with Crippen molar-refractivity contribution in [3.8, 4) is 0 Å². The predicted molar refractivity (Wildman–Crippen MR) is 86.8 cm³/mol. The van der Waals surface area contributed by atoms with E-state index < -0.39 is 18.0 Å². The number of aliphatic carboxylic acids is 1. The lowest BCUT2D eigenvalue weighted by Gasteiger charge is -2.25. The third-order valence-corrected chi connectivity index (χ3v) is 3.98. The van der Waals surface area contributed by atoms with Crippen molar-refractivity contribution in [3.63, 3.8) is 0 Å². The Labute approximate surface area is 139 Å². The molecular formula is C17H20N2O5. The van der Waals surface area contributed by atoms with Gasteiger partial charge in [0.2, 0.25) is 0 Å². The third-order valence-electron chi connectivity index (χ3n) is 3.98. The zero-order valence-electron chi connectivity index (χ0n) is 13.4. The van der Waals surface area contributed by atoms with Crippen LogP contribution in [-0.2, 0) is 20.7 Å². The smallest absolute Gasteiger partial charge is 0.427 e. The summed E-state index contributed by atoms with van der Waals surface area (Å²) in [5, 5.41) is 12.8. The number of ketones is 1. The van der Waals surface area contributed by atoms with E-state index in [1.54, 1.807) is 0 Å². The summed E-state index contributed by atoms with van der Waals surface area (Å²) in [6.07, 6.45) is 1.05. The third kappa shape index (κ3) is 4.41. The Bertz CT molecular complexity index is 669. The standard InChI is InChI=1S/C17H20N2O5/c1-24-17(23)19-18-16-12-6-3-2-5-11(12)9-10-13(16)14(20)7-4-8-15(21)22/h2-3,5-6,13H,4,7-10H2,1H3,(H,19,23)(H,21,22)/b18-16-. The van der Waals surface area contributed by atoms with Crippen LogP contribution in [-0.4, -0.2) is 35.8 Å². The fourth-order valence-corrected chi connectivity index (χ4v) is 2.80. The number of fused-ring (bicyclic) bond motifs is 1. The zero-order valence-corrected chi connectivity index (χ0v) is 13.4. The molecule has 1 unspecified atom stereocenters. The molecule has 1 amide bonds. The van der Waals surface area contributed by atoms with Crippen LogP contribution in [0.3, 0.4) is 0 Å². The average molecular weight is 332 g/mol. The summed E-state index contributed by atoms with van der Waals surface area (Å²) in [4.78, 5) is 34.4. The average Bonchev–Trinajstić information content (AvgIpc) is 2.58. The van der Waals surface area contributed by atoms with E-state index in [-0.39, 0.29) is 18.6 Å². The monoisotopic (exact) mass is 332 g/mol. The van der Waals surface area contributed by atoms with Gasteiger partial charge in [-0.3, -0.25) is 9.59 Å². The lowest BCUT2D eigenvalue weighted by Crippen LogP contribution is -2.33. The molecule has 1 atom stereocenters. The summed E-state index contributed by atoms with van der Waals surface area (Å²) in [5.41, 5.74) is 4.68. The van der Waals surface area contributed by atoms with Crippen molar-refractivity contribution in [1.82, 2.24) is 5.43 Å². The van der Waals surface area contributed by atoms with Gasteiger partial charge >= 0.3 is 12.1 Å². The molecule has 0 bridgehead atoms. The van der Waals surface area contributed by atoms with Crippen LogP contribution >= 0.6 is 0 Å². The zero-order chi connectivity index (χ0) is 17.5. The highest BCUT2D eigenvalue weighted by atomic mass is 16.5. The number of hydrogen-bond acceptors (Lipinski definition) is 5. The van der Waals surface area contributed by atoms with Crippen molar-refractivity contribution in [3.05, 3.63) is 35.4 Å². The number of aryl methyl sites for hydroxylation is 1. The Kier molecular flexibility index (Phi) is 6.06. The molecule has 0 saturated carbocycles. The maximum absolute atomic E-state index is 12.5. The molecule has 0 spiro atoms. The second kappa shape index (κ2) is 8.24. The molecule has 0 saturated heterocycles. The summed E-state index contributed by atoms with van der Waals surface area (Å²) < 4.78 is 4.51. The van der Waals surface area contributed by atoms with Gasteiger partial charge in [0.1, 0.15) is 5.78 Å². The minimum absolute atomic E-state index is 0.0397. The number of nitrogens with zero attached hydrogens (tertiary/aromatic N) is 1. The van der Waals surface area contributed by atoms with Gasteiger partial charge < -0.3 is 9.84 Å². The number of ether oxygens (including phenoxy) is 1. The number of benzene rings is 1. The Morgan fingerprint density at radius 3 is 2.75 bits per heavy atom. The first-order valence-corrected chi connectivity index (χ1v) is 7.77. The topological polar surface area (TPSA) is 105 Å². The maximum atomic E-state index is 12.5. The predicted octanol–water partition coefficient (Wildman–Crippen LogP) is 2.13. The lowest BCUT2D eigenvalue weighted by atomic mass is 9.79. The molecule has 0 fully saturated rings. The maximum Gasteiger partial charge on any atom is 0.427 e. The van der Waals surface area contributed by atoms with E-state index in [9.17, 15) is 14.4 Å². The van der Waals surface area contributed by atoms with Crippen molar-refractivity contribution in [1.29, 1.82) is 0 Å². The van der Waals surface area contributed by atoms with Gasteiger partial charge in [-0.05, 0) is 24.8 Å². The Hall–Kier alpha value is -2.70. The van der Waals surface area contributed by atoms with Gasteiger partial charge in [-0.2, -0.15) is 5.10 Å². The highest BCUT2D eigenvalue weighted by Crippen LogP contribution is 2.28. The Morgan fingerprint density at radius 2 is 2.04 bits per heavy atom. The molecule has 128 valence electrons. The second-order valence-electron chi connectivity index (χ2n) is 5.56. The van der Waals surface area contributed by atoms with Crippen LogP contribution in [0.2, 0.25) is 0 Å². The number of carboxylic acids is 1. The number of carbonyl (C=O) groups is 3. The SMILES string of the molecule is COC(=O)N/N=C1/c2ccccc2CCC1C(=O)CCCC(=O)O. The highest BCUT2D eigenvalue weighted by Gasteiger charge is 2.30. The highest BCUT2D eigenvalue weighted by molar-refractivity contribution is 6.15. The van der Waals surface area contributed by atoms with E-state index in [1.165, 1.54) is 7.11 Å². The van der Waals surface area contributed by atoms with Gasteiger partial charge in [-0.15, -0.1) is 0 Å². The van der Waals surface area contributed by atoms with Crippen molar-refractivity contribution in [2.24, 2.45) is 11.0 Å². The normalized spacial score (nSPS) is 17.9. The van der Waals surface area contributed by atoms with Crippen LogP contribution in [0.25, 0.3) is 0 Å². The molecule has 24 heavy (non-hydrogen) atoms. The minimum Gasteiger partial charge on any atom is -0.481 e. The molecule has 1 aromatic rings. The second-order valence-corrected chi connectivity index (χ2v) is 5.56. The van der Waals surface area contributed by atoms with E-state index in [0.29, 0.717) is 18.6 Å². The summed E-state index contributed by atoms with van der Waals surface area (Å²) >= 11 is 0. The molecule has 1 aromatic carbocycles. The summed E-state index contributed by atoms with van der Waals surface area (Å²) in [6, 6.07) is 7.60. The fraction of sp³-hybridized carbons (Fsp3) is 0.412. The van der Waals surface area contributed by atoms with Gasteiger partial charge in [0.05, 0.1) is 18.7 Å². The molecular weight excluding hydrogens is 312 g/mol. The molecule has 1 aliphatic carbocycles. The summed E-state index contributed by atoms with van der Waals surface area (Å²) in [5.74, 6) is -1.43. The fourth-order valence-electron chi connectivity index (χ4n) is 2.80. The van der Waals surface area contributed by atoms with Crippen LogP contribution in [0.1, 0.15) is 36.8 Å². The van der Waals surface area contributed by atoms with Gasteiger partial charge in [-0.1, -0.05) is 24.3 Å². The van der Waals surface area contributed by atoms with Crippen molar-refractivity contribution < 1.29 is 24.2 Å². The summed E-state index contributed by atoms with van der Waals surface area (Å²) in [7, 11) is 1.23. The molecule has 2 N–H and O–H groups in total. The van der Waals surface area contributed by atoms with Crippen LogP contribution in [0.4, 0.5) is 4.79 Å². The van der Waals surface area contributed by atoms with E-state index in [0.717, 1.165) is 17.5 Å². The van der Waals surface area contributed by atoms with Crippen LogP contribution < -0.4 is 5.43 Å². The Balaban J connectivity index is 2.21. The number of nitrogens with one attached hydrogen (secondary N) is 1. The molecule has 2 rings (SSSR count). The molecule has 0 aromatic heterocycles. The first-order chi connectivity index (χ1) is 11.5. The van der Waals surface area contributed by atoms with Crippen LogP contribution in [0, 0.1) is 5.92 Å². The first-order valence-electron chi connectivity index (χ1n) is 7.77. The number of carboxylic acid groups (broad SMARTS) is 1. The van der Waals surface area contributed by atoms with Gasteiger partial charge in [-0.25, -0.2) is 10.2 Å². The van der Waals surface area contributed by atoms with Gasteiger partial charge in [0.25, 0.3) is 0 Å². The summed E-state index contributed by atoms with van der Waals surface area (Å²) in [6.45, 7) is 0. The number of Topliss-reactive ketones (excluding diaryl/α,β-unsaturated/α-hetero) is 1. The lowest BCUT2D eigenvalue weighted by molar-refractivity contribution is -0.137. The van der Waals surface area contributed by atoms with Crippen molar-refractivity contribution in [2.45, 2.75) is 32.1 Å². The molecule has 0 aliphatic heterocycles. The van der Waals surface area contributed by atoms with Crippen LogP contribution in [0.15, 0.2) is 29.4 Å². The largest absolute Gasteiger partial charge is 0.481 e.